The molecule has 0 heterocycles. The number of hydrogen-bond acceptors (Lipinski definition) is 3. The molecule has 0 bridgehead atoms. The minimum Gasteiger partial charge on any atom is -0.497 e. The Morgan fingerprint density at radius 3 is 2.50 bits per heavy atom. The Balaban J connectivity index is 2.06. The first kappa shape index (κ1) is 14.5. The highest BCUT2D eigenvalue weighted by Gasteiger charge is 2.04. The summed E-state index contributed by atoms with van der Waals surface area (Å²) in [6, 6.07) is 11.9. The molecule has 0 unspecified atom stereocenters. The monoisotopic (exact) mass is 293 g/mol. The molecule has 0 aliphatic rings. The van der Waals surface area contributed by atoms with Crippen LogP contribution in [0, 0.1) is 5.82 Å². The number of methoxy groups -OCH3 is 1. The summed E-state index contributed by atoms with van der Waals surface area (Å²) in [4.78, 5) is 0.779. The van der Waals surface area contributed by atoms with Crippen LogP contribution in [0.5, 0.6) is 5.75 Å². The Morgan fingerprint density at radius 2 is 1.90 bits per heavy atom. The first-order valence-electron chi connectivity index (χ1n) is 6.10. The van der Waals surface area contributed by atoms with Crippen LogP contribution in [0.25, 0.3) is 0 Å². The molecule has 0 saturated heterocycles. The maximum atomic E-state index is 13.6. The van der Waals surface area contributed by atoms with Gasteiger partial charge in [-0.25, -0.2) is 4.39 Å². The van der Waals surface area contributed by atoms with Gasteiger partial charge in [-0.15, -0.1) is 0 Å². The van der Waals surface area contributed by atoms with Crippen LogP contribution in [0.15, 0.2) is 47.4 Å². The summed E-state index contributed by atoms with van der Waals surface area (Å²) >= 11 is 0. The van der Waals surface area contributed by atoms with E-state index in [1.54, 1.807) is 25.5 Å². The van der Waals surface area contributed by atoms with Crippen molar-refractivity contribution in [3.05, 3.63) is 53.8 Å². The molecular weight excluding hydrogens is 277 g/mol. The lowest BCUT2D eigenvalue weighted by atomic mass is 10.2. The molecule has 2 rings (SSSR count). The SMILES string of the molecule is COc1ccc(F)c(NCc2ccc([S@](C)=O)cc2)c1. The summed E-state index contributed by atoms with van der Waals surface area (Å²) in [6.07, 6.45) is 1.64. The molecule has 0 saturated carbocycles. The van der Waals surface area contributed by atoms with Crippen LogP contribution in [0.1, 0.15) is 5.56 Å². The number of ether oxygens (including phenoxy) is 1. The molecule has 5 heteroatoms. The van der Waals surface area contributed by atoms with Crippen LogP contribution in [-0.4, -0.2) is 17.6 Å². The van der Waals surface area contributed by atoms with Gasteiger partial charge in [-0.3, -0.25) is 4.21 Å². The predicted molar refractivity (Wildman–Crippen MR) is 79.1 cm³/mol. The van der Waals surface area contributed by atoms with Gasteiger partial charge < -0.3 is 10.1 Å². The average Bonchev–Trinajstić information content (AvgIpc) is 2.47. The number of anilines is 1. The lowest BCUT2D eigenvalue weighted by Gasteiger charge is -2.09. The van der Waals surface area contributed by atoms with Crippen LogP contribution < -0.4 is 10.1 Å². The second kappa shape index (κ2) is 6.52. The fraction of sp³-hybridized carbons (Fsp3) is 0.200. The summed E-state index contributed by atoms with van der Waals surface area (Å²) in [5.74, 6) is 0.280. The minimum atomic E-state index is -0.982. The number of hydrogen-bond donors (Lipinski definition) is 1. The maximum absolute atomic E-state index is 13.6. The zero-order valence-electron chi connectivity index (χ0n) is 11.4. The third-order valence-corrected chi connectivity index (χ3v) is 3.85. The van der Waals surface area contributed by atoms with E-state index in [1.807, 2.05) is 24.3 Å². The summed E-state index contributed by atoms with van der Waals surface area (Å²) in [7, 11) is 0.560. The summed E-state index contributed by atoms with van der Waals surface area (Å²) in [6.45, 7) is 0.487. The molecule has 0 fully saturated rings. The van der Waals surface area contributed by atoms with Gasteiger partial charge in [0.05, 0.1) is 12.8 Å². The Bertz CT molecular complexity index is 614. The van der Waals surface area contributed by atoms with Crippen molar-refractivity contribution in [1.29, 1.82) is 0 Å². The van der Waals surface area contributed by atoms with Crippen LogP contribution in [0.3, 0.4) is 0 Å². The number of benzene rings is 2. The van der Waals surface area contributed by atoms with Crippen LogP contribution in [0.4, 0.5) is 10.1 Å². The van der Waals surface area contributed by atoms with Gasteiger partial charge in [0.2, 0.25) is 0 Å². The number of rotatable bonds is 5. The molecule has 0 aliphatic carbocycles. The molecule has 3 nitrogen and oxygen atoms in total. The van der Waals surface area contributed by atoms with E-state index in [4.69, 9.17) is 4.74 Å². The van der Waals surface area contributed by atoms with Crippen LogP contribution >= 0.6 is 0 Å². The largest absolute Gasteiger partial charge is 0.497 e. The molecule has 0 radical (unpaired) electrons. The predicted octanol–water partition coefficient (Wildman–Crippen LogP) is 3.18. The second-order valence-corrected chi connectivity index (χ2v) is 5.68. The Hall–Kier alpha value is -1.88. The maximum Gasteiger partial charge on any atom is 0.146 e. The van der Waals surface area contributed by atoms with Crippen LogP contribution in [0.2, 0.25) is 0 Å². The molecule has 20 heavy (non-hydrogen) atoms. The third-order valence-electron chi connectivity index (χ3n) is 2.91. The van der Waals surface area contributed by atoms with E-state index in [0.29, 0.717) is 18.0 Å². The Kier molecular flexibility index (Phi) is 4.74. The van der Waals surface area contributed by atoms with E-state index in [-0.39, 0.29) is 5.82 Å². The summed E-state index contributed by atoms with van der Waals surface area (Å²) in [5.41, 5.74) is 1.38. The van der Waals surface area contributed by atoms with Crippen molar-refractivity contribution in [1.82, 2.24) is 0 Å². The topological polar surface area (TPSA) is 38.3 Å². The third kappa shape index (κ3) is 3.57. The van der Waals surface area contributed by atoms with Gasteiger partial charge in [0.1, 0.15) is 11.6 Å². The van der Waals surface area contributed by atoms with Gasteiger partial charge in [0.15, 0.2) is 0 Å². The summed E-state index contributed by atoms with van der Waals surface area (Å²) < 4.78 is 30.0. The molecule has 1 N–H and O–H groups in total. The fourth-order valence-corrected chi connectivity index (χ4v) is 2.28. The normalized spacial score (nSPS) is 11.9. The molecular formula is C15H16FNO2S. The number of nitrogens with one attached hydrogen (secondary N) is 1. The van der Waals surface area contributed by atoms with Crippen molar-refractivity contribution < 1.29 is 13.3 Å². The van der Waals surface area contributed by atoms with Crippen molar-refractivity contribution in [2.45, 2.75) is 11.4 Å². The molecule has 0 aliphatic heterocycles. The van der Waals surface area contributed by atoms with E-state index >= 15 is 0 Å². The van der Waals surface area contributed by atoms with E-state index < -0.39 is 10.8 Å². The second-order valence-electron chi connectivity index (χ2n) is 4.30. The van der Waals surface area contributed by atoms with Gasteiger partial charge in [-0.05, 0) is 29.8 Å². The average molecular weight is 293 g/mol. The zero-order chi connectivity index (χ0) is 14.5. The van der Waals surface area contributed by atoms with E-state index in [1.165, 1.54) is 6.07 Å². The summed E-state index contributed by atoms with van der Waals surface area (Å²) in [5, 5.41) is 3.02. The first-order chi connectivity index (χ1) is 9.60. The molecule has 1 atom stereocenters. The minimum absolute atomic E-state index is 0.322. The standard InChI is InChI=1S/C15H16FNO2S/c1-19-12-5-8-14(16)15(9-12)17-10-11-3-6-13(7-4-11)20(2)18/h3-9,17H,10H2,1-2H3/t20-/m0/s1. The van der Waals surface area contributed by atoms with Crippen molar-refractivity contribution in [2.24, 2.45) is 0 Å². The highest BCUT2D eigenvalue weighted by Crippen LogP contribution is 2.21. The van der Waals surface area contributed by atoms with E-state index in [2.05, 4.69) is 5.32 Å². The quantitative estimate of drug-likeness (QED) is 0.920. The van der Waals surface area contributed by atoms with Gasteiger partial charge >= 0.3 is 0 Å². The van der Waals surface area contributed by atoms with E-state index in [0.717, 1.165) is 10.5 Å². The van der Waals surface area contributed by atoms with Crippen LogP contribution in [-0.2, 0) is 17.3 Å². The lowest BCUT2D eigenvalue weighted by Crippen LogP contribution is -2.02. The molecule has 2 aromatic rings. The van der Waals surface area contributed by atoms with Gasteiger partial charge in [-0.2, -0.15) is 0 Å². The highest BCUT2D eigenvalue weighted by atomic mass is 32.2. The highest BCUT2D eigenvalue weighted by molar-refractivity contribution is 7.84. The molecule has 106 valence electrons. The fourth-order valence-electron chi connectivity index (χ4n) is 1.76. The van der Waals surface area contributed by atoms with Gasteiger partial charge in [0.25, 0.3) is 0 Å². The van der Waals surface area contributed by atoms with Crippen molar-refractivity contribution in [3.8, 4) is 5.75 Å². The molecule has 0 spiro atoms. The zero-order valence-corrected chi connectivity index (χ0v) is 12.2. The van der Waals surface area contributed by atoms with E-state index in [9.17, 15) is 8.60 Å². The molecule has 0 amide bonds. The van der Waals surface area contributed by atoms with Gasteiger partial charge in [-0.1, -0.05) is 12.1 Å². The Labute approximate surface area is 120 Å². The van der Waals surface area contributed by atoms with Crippen molar-refractivity contribution in [2.75, 3.05) is 18.7 Å². The molecule has 0 aromatic heterocycles. The van der Waals surface area contributed by atoms with Gasteiger partial charge in [0, 0.05) is 34.6 Å². The number of halogens is 1. The van der Waals surface area contributed by atoms with Crippen molar-refractivity contribution >= 4 is 16.5 Å². The smallest absolute Gasteiger partial charge is 0.146 e. The van der Waals surface area contributed by atoms with Crippen molar-refractivity contribution in [3.63, 3.8) is 0 Å². The molecule has 2 aromatic carbocycles. The first-order valence-corrected chi connectivity index (χ1v) is 7.65. The Morgan fingerprint density at radius 1 is 1.20 bits per heavy atom. The lowest BCUT2D eigenvalue weighted by molar-refractivity contribution is 0.414.